The van der Waals surface area contributed by atoms with Crippen LogP contribution >= 0.6 is 0 Å². The molecule has 4 rings (SSSR count). The fraction of sp³-hybridized carbons (Fsp3) is 0.333. The zero-order valence-corrected chi connectivity index (χ0v) is 17.3. The summed E-state index contributed by atoms with van der Waals surface area (Å²) < 4.78 is 0. The fourth-order valence-corrected chi connectivity index (χ4v) is 4.12. The molecule has 0 aliphatic heterocycles. The van der Waals surface area contributed by atoms with Crippen LogP contribution < -0.4 is 5.32 Å². The van der Waals surface area contributed by atoms with Crippen molar-refractivity contribution in [3.8, 4) is 0 Å². The Labute approximate surface area is 171 Å². The SMILES string of the molecule is Cc1cccc(NC(=O)CN(C)C(=O)c2ccc3[nH]c4c(c3c2)CCCC4)c1C. The van der Waals surface area contributed by atoms with Gasteiger partial charge in [-0.1, -0.05) is 12.1 Å². The second kappa shape index (κ2) is 7.74. The molecule has 1 aromatic heterocycles. The molecule has 29 heavy (non-hydrogen) atoms. The average molecular weight is 389 g/mol. The molecule has 0 bridgehead atoms. The van der Waals surface area contributed by atoms with Gasteiger partial charge >= 0.3 is 0 Å². The molecule has 3 aromatic rings. The number of H-pyrrole nitrogens is 1. The molecular weight excluding hydrogens is 362 g/mol. The van der Waals surface area contributed by atoms with Crippen molar-refractivity contribution in [2.75, 3.05) is 18.9 Å². The highest BCUT2D eigenvalue weighted by molar-refractivity contribution is 6.02. The summed E-state index contributed by atoms with van der Waals surface area (Å²) in [5.74, 6) is -0.344. The third kappa shape index (κ3) is 3.77. The topological polar surface area (TPSA) is 65.2 Å². The first-order valence-corrected chi connectivity index (χ1v) is 10.2. The Kier molecular flexibility index (Phi) is 5.14. The van der Waals surface area contributed by atoms with Crippen LogP contribution in [0.5, 0.6) is 0 Å². The Hall–Kier alpha value is -3.08. The molecule has 150 valence electrons. The van der Waals surface area contributed by atoms with E-state index < -0.39 is 0 Å². The molecule has 0 fully saturated rings. The van der Waals surface area contributed by atoms with E-state index in [1.54, 1.807) is 7.05 Å². The van der Waals surface area contributed by atoms with E-state index in [1.807, 2.05) is 50.2 Å². The largest absolute Gasteiger partial charge is 0.358 e. The predicted molar refractivity (Wildman–Crippen MR) is 116 cm³/mol. The number of benzene rings is 2. The van der Waals surface area contributed by atoms with Crippen molar-refractivity contribution < 1.29 is 9.59 Å². The molecule has 5 heteroatoms. The zero-order chi connectivity index (χ0) is 20.5. The number of carbonyl (C=O) groups excluding carboxylic acids is 2. The Bertz CT molecular complexity index is 1100. The van der Waals surface area contributed by atoms with Crippen LogP contribution in [0.2, 0.25) is 0 Å². The van der Waals surface area contributed by atoms with Gasteiger partial charge in [-0.15, -0.1) is 0 Å². The molecule has 1 aliphatic carbocycles. The lowest BCUT2D eigenvalue weighted by Crippen LogP contribution is -2.35. The number of likely N-dealkylation sites (N-methyl/N-ethyl adjacent to an activating group) is 1. The number of carbonyl (C=O) groups is 2. The van der Waals surface area contributed by atoms with E-state index in [2.05, 4.69) is 10.3 Å². The maximum absolute atomic E-state index is 12.9. The molecule has 0 unspecified atom stereocenters. The Morgan fingerprint density at radius 1 is 1.10 bits per heavy atom. The molecule has 0 saturated carbocycles. The van der Waals surface area contributed by atoms with E-state index in [9.17, 15) is 9.59 Å². The maximum atomic E-state index is 12.9. The summed E-state index contributed by atoms with van der Waals surface area (Å²) in [6, 6.07) is 11.6. The summed E-state index contributed by atoms with van der Waals surface area (Å²) >= 11 is 0. The normalized spacial score (nSPS) is 13.2. The molecule has 0 spiro atoms. The lowest BCUT2D eigenvalue weighted by atomic mass is 9.95. The molecule has 2 aromatic carbocycles. The number of fused-ring (bicyclic) bond motifs is 3. The van der Waals surface area contributed by atoms with Gasteiger partial charge in [0.05, 0.1) is 6.54 Å². The van der Waals surface area contributed by atoms with Crippen LogP contribution in [0, 0.1) is 13.8 Å². The van der Waals surface area contributed by atoms with Gasteiger partial charge in [0.25, 0.3) is 5.91 Å². The smallest absolute Gasteiger partial charge is 0.254 e. The number of nitrogens with zero attached hydrogens (tertiary/aromatic N) is 1. The van der Waals surface area contributed by atoms with Gasteiger partial charge in [-0.3, -0.25) is 9.59 Å². The lowest BCUT2D eigenvalue weighted by molar-refractivity contribution is -0.116. The van der Waals surface area contributed by atoms with E-state index in [1.165, 1.54) is 29.0 Å². The second-order valence-corrected chi connectivity index (χ2v) is 8.01. The van der Waals surface area contributed by atoms with Crippen LogP contribution in [0.15, 0.2) is 36.4 Å². The Morgan fingerprint density at radius 3 is 2.72 bits per heavy atom. The minimum absolute atomic E-state index is 0.00942. The quantitative estimate of drug-likeness (QED) is 0.696. The number of amides is 2. The van der Waals surface area contributed by atoms with Crippen LogP contribution in [0.3, 0.4) is 0 Å². The first kappa shape index (κ1) is 19.2. The maximum Gasteiger partial charge on any atom is 0.254 e. The number of anilines is 1. The van der Waals surface area contributed by atoms with Crippen molar-refractivity contribution in [1.82, 2.24) is 9.88 Å². The van der Waals surface area contributed by atoms with Gasteiger partial charge in [0.2, 0.25) is 5.91 Å². The predicted octanol–water partition coefficient (Wildman–Crippen LogP) is 4.37. The summed E-state index contributed by atoms with van der Waals surface area (Å²) in [5, 5.41) is 4.05. The Balaban J connectivity index is 1.48. The van der Waals surface area contributed by atoms with Gasteiger partial charge in [-0.25, -0.2) is 0 Å². The first-order valence-electron chi connectivity index (χ1n) is 10.2. The van der Waals surface area contributed by atoms with Crippen molar-refractivity contribution in [1.29, 1.82) is 0 Å². The van der Waals surface area contributed by atoms with Crippen molar-refractivity contribution >= 4 is 28.4 Å². The molecule has 0 radical (unpaired) electrons. The molecule has 2 amide bonds. The summed E-state index contributed by atoms with van der Waals surface area (Å²) in [7, 11) is 1.67. The lowest BCUT2D eigenvalue weighted by Gasteiger charge is -2.18. The monoisotopic (exact) mass is 389 g/mol. The highest BCUT2D eigenvalue weighted by Gasteiger charge is 2.19. The number of hydrogen-bond acceptors (Lipinski definition) is 2. The number of hydrogen-bond donors (Lipinski definition) is 2. The summed E-state index contributed by atoms with van der Waals surface area (Å²) in [4.78, 5) is 30.4. The third-order valence-corrected chi connectivity index (χ3v) is 5.95. The molecule has 0 atom stereocenters. The van der Waals surface area contributed by atoms with Gasteiger partial charge in [0, 0.05) is 34.9 Å². The minimum atomic E-state index is -0.199. The fourth-order valence-electron chi connectivity index (χ4n) is 4.12. The van der Waals surface area contributed by atoms with Crippen molar-refractivity contribution in [2.24, 2.45) is 0 Å². The van der Waals surface area contributed by atoms with Gasteiger partial charge in [0.15, 0.2) is 0 Å². The van der Waals surface area contributed by atoms with Crippen molar-refractivity contribution in [3.05, 3.63) is 64.3 Å². The average Bonchev–Trinajstić information content (AvgIpc) is 3.08. The number of rotatable bonds is 4. The van der Waals surface area contributed by atoms with Crippen LogP contribution in [0.1, 0.15) is 45.6 Å². The number of aromatic nitrogens is 1. The van der Waals surface area contributed by atoms with Crippen LogP contribution in [-0.4, -0.2) is 35.3 Å². The number of aryl methyl sites for hydroxylation is 3. The van der Waals surface area contributed by atoms with E-state index in [-0.39, 0.29) is 18.4 Å². The van der Waals surface area contributed by atoms with E-state index in [0.29, 0.717) is 5.56 Å². The van der Waals surface area contributed by atoms with E-state index in [4.69, 9.17) is 0 Å². The molecular formula is C24H27N3O2. The molecule has 5 nitrogen and oxygen atoms in total. The van der Waals surface area contributed by atoms with Crippen LogP contribution in [0.25, 0.3) is 10.9 Å². The number of nitrogens with one attached hydrogen (secondary N) is 2. The summed E-state index contributed by atoms with van der Waals surface area (Å²) in [6.45, 7) is 4.00. The molecule has 0 saturated heterocycles. The highest BCUT2D eigenvalue weighted by atomic mass is 16.2. The van der Waals surface area contributed by atoms with E-state index >= 15 is 0 Å². The first-order chi connectivity index (χ1) is 13.9. The van der Waals surface area contributed by atoms with Gasteiger partial charge in [-0.2, -0.15) is 0 Å². The van der Waals surface area contributed by atoms with Gasteiger partial charge in [0.1, 0.15) is 0 Å². The van der Waals surface area contributed by atoms with Crippen LogP contribution in [0.4, 0.5) is 5.69 Å². The number of aromatic amines is 1. The van der Waals surface area contributed by atoms with Gasteiger partial charge < -0.3 is 15.2 Å². The van der Waals surface area contributed by atoms with Gasteiger partial charge in [-0.05, 0) is 80.5 Å². The minimum Gasteiger partial charge on any atom is -0.358 e. The molecule has 1 heterocycles. The van der Waals surface area contributed by atoms with Crippen LogP contribution in [-0.2, 0) is 17.6 Å². The Morgan fingerprint density at radius 2 is 1.90 bits per heavy atom. The molecule has 1 aliphatic rings. The molecule has 2 N–H and O–H groups in total. The summed E-state index contributed by atoms with van der Waals surface area (Å²) in [6.07, 6.45) is 4.53. The zero-order valence-electron chi connectivity index (χ0n) is 17.3. The second-order valence-electron chi connectivity index (χ2n) is 8.01. The van der Waals surface area contributed by atoms with Crippen molar-refractivity contribution in [2.45, 2.75) is 39.5 Å². The third-order valence-electron chi connectivity index (χ3n) is 5.95. The van der Waals surface area contributed by atoms with Crippen molar-refractivity contribution in [3.63, 3.8) is 0 Å². The highest BCUT2D eigenvalue weighted by Crippen LogP contribution is 2.30. The summed E-state index contributed by atoms with van der Waals surface area (Å²) in [5.41, 5.74) is 7.30. The van der Waals surface area contributed by atoms with E-state index in [0.717, 1.165) is 40.6 Å². The standard InChI is InChI=1S/C24H27N3O2/c1-15-7-6-10-20(16(15)2)26-23(28)14-27(3)24(29)17-11-12-22-19(13-17)18-8-4-5-9-21(18)25-22/h6-7,10-13,25H,4-5,8-9,14H2,1-3H3,(H,26,28).